The van der Waals surface area contributed by atoms with Gasteiger partial charge in [0.2, 0.25) is 15.9 Å². The quantitative estimate of drug-likeness (QED) is 0.641. The Hall–Kier alpha value is -0.660. The molecule has 0 aliphatic carbocycles. The molecular formula is C11H25N3O3S. The number of rotatable bonds is 8. The van der Waals surface area contributed by atoms with E-state index in [4.69, 9.17) is 5.73 Å². The van der Waals surface area contributed by atoms with Crippen LogP contribution in [0.15, 0.2) is 0 Å². The first-order valence-corrected chi connectivity index (χ1v) is 7.67. The first kappa shape index (κ1) is 17.3. The third-order valence-electron chi connectivity index (χ3n) is 2.65. The second-order valence-corrected chi connectivity index (χ2v) is 7.08. The largest absolute Gasteiger partial charge is 0.355 e. The number of sulfonamides is 1. The van der Waals surface area contributed by atoms with Crippen LogP contribution in [0.25, 0.3) is 0 Å². The molecule has 7 heteroatoms. The predicted molar refractivity (Wildman–Crippen MR) is 72.5 cm³/mol. The molecule has 1 atom stereocenters. The molecular weight excluding hydrogens is 254 g/mol. The molecule has 0 aromatic heterocycles. The van der Waals surface area contributed by atoms with E-state index in [1.165, 1.54) is 7.05 Å². The second kappa shape index (κ2) is 7.70. The number of nitrogens with two attached hydrogens (primary N) is 1. The Labute approximate surface area is 110 Å². The average Bonchev–Trinajstić information content (AvgIpc) is 2.27. The Balaban J connectivity index is 4.47. The Bertz CT molecular complexity index is 351. The molecule has 1 amide bonds. The van der Waals surface area contributed by atoms with E-state index >= 15 is 0 Å². The Kier molecular flexibility index (Phi) is 7.42. The summed E-state index contributed by atoms with van der Waals surface area (Å²) in [5.74, 6) is 0.0462. The van der Waals surface area contributed by atoms with Gasteiger partial charge in [-0.25, -0.2) is 8.42 Å². The number of hydrogen-bond donors (Lipinski definition) is 2. The van der Waals surface area contributed by atoms with Gasteiger partial charge >= 0.3 is 0 Å². The average molecular weight is 279 g/mol. The first-order chi connectivity index (χ1) is 8.25. The molecule has 1 unspecified atom stereocenters. The minimum atomic E-state index is -3.49. The molecule has 0 bridgehead atoms. The van der Waals surface area contributed by atoms with Crippen molar-refractivity contribution >= 4 is 15.9 Å². The summed E-state index contributed by atoms with van der Waals surface area (Å²) in [6.45, 7) is 6.16. The zero-order valence-corrected chi connectivity index (χ0v) is 12.5. The highest BCUT2D eigenvalue weighted by Crippen LogP contribution is 2.09. The molecule has 0 aromatic rings. The van der Waals surface area contributed by atoms with Crippen molar-refractivity contribution in [1.82, 2.24) is 9.62 Å². The zero-order valence-electron chi connectivity index (χ0n) is 11.6. The number of likely N-dealkylation sites (N-methyl/N-ethyl adjacent to an activating group) is 1. The summed E-state index contributed by atoms with van der Waals surface area (Å²) in [7, 11) is -2.08. The highest BCUT2D eigenvalue weighted by atomic mass is 32.2. The van der Waals surface area contributed by atoms with Gasteiger partial charge in [-0.2, -0.15) is 4.31 Å². The topological polar surface area (TPSA) is 92.5 Å². The molecule has 0 spiro atoms. The lowest BCUT2D eigenvalue weighted by Crippen LogP contribution is -2.45. The predicted octanol–water partition coefficient (Wildman–Crippen LogP) is -0.242. The smallest absolute Gasteiger partial charge is 0.235 e. The van der Waals surface area contributed by atoms with Crippen LogP contribution in [-0.2, 0) is 14.8 Å². The monoisotopic (exact) mass is 279 g/mol. The fraction of sp³-hybridized carbons (Fsp3) is 0.909. The maximum absolute atomic E-state index is 12.0. The molecule has 0 rings (SSSR count). The minimum Gasteiger partial charge on any atom is -0.355 e. The van der Waals surface area contributed by atoms with E-state index in [9.17, 15) is 13.2 Å². The fourth-order valence-corrected chi connectivity index (χ4v) is 2.89. The SMILES string of the molecule is CCC(CN)S(=O)(=O)N(C)CC(=O)NCC(C)C. The second-order valence-electron chi connectivity index (χ2n) is 4.76. The van der Waals surface area contributed by atoms with Crippen LogP contribution in [-0.4, -0.2) is 50.6 Å². The zero-order chi connectivity index (χ0) is 14.3. The van der Waals surface area contributed by atoms with E-state index in [1.807, 2.05) is 13.8 Å². The van der Waals surface area contributed by atoms with Crippen molar-refractivity contribution < 1.29 is 13.2 Å². The molecule has 0 aliphatic rings. The maximum Gasteiger partial charge on any atom is 0.235 e. The van der Waals surface area contributed by atoms with Crippen LogP contribution in [0.4, 0.5) is 0 Å². The Morgan fingerprint density at radius 1 is 1.39 bits per heavy atom. The van der Waals surface area contributed by atoms with Crippen molar-refractivity contribution in [3.05, 3.63) is 0 Å². The van der Waals surface area contributed by atoms with Crippen LogP contribution in [0.3, 0.4) is 0 Å². The van der Waals surface area contributed by atoms with Crippen LogP contribution in [0.2, 0.25) is 0 Å². The standard InChI is InChI=1S/C11H25N3O3S/c1-5-10(6-12)18(16,17)14(4)8-11(15)13-7-9(2)3/h9-10H,5-8,12H2,1-4H3,(H,13,15). The van der Waals surface area contributed by atoms with Crippen molar-refractivity contribution in [3.8, 4) is 0 Å². The van der Waals surface area contributed by atoms with E-state index in [0.717, 1.165) is 4.31 Å². The van der Waals surface area contributed by atoms with Gasteiger partial charge in [0.15, 0.2) is 0 Å². The van der Waals surface area contributed by atoms with Crippen molar-refractivity contribution in [3.63, 3.8) is 0 Å². The lowest BCUT2D eigenvalue weighted by atomic mass is 10.2. The van der Waals surface area contributed by atoms with Crippen LogP contribution < -0.4 is 11.1 Å². The van der Waals surface area contributed by atoms with Crippen LogP contribution in [0.1, 0.15) is 27.2 Å². The lowest BCUT2D eigenvalue weighted by molar-refractivity contribution is -0.121. The van der Waals surface area contributed by atoms with Gasteiger partial charge in [0, 0.05) is 20.1 Å². The van der Waals surface area contributed by atoms with Gasteiger partial charge in [0.05, 0.1) is 11.8 Å². The molecule has 0 aromatic carbocycles. The van der Waals surface area contributed by atoms with Gasteiger partial charge in [-0.15, -0.1) is 0 Å². The molecule has 3 N–H and O–H groups in total. The summed E-state index contributed by atoms with van der Waals surface area (Å²) in [6.07, 6.45) is 0.441. The molecule has 18 heavy (non-hydrogen) atoms. The number of carbonyl (C=O) groups excluding carboxylic acids is 1. The van der Waals surface area contributed by atoms with E-state index in [2.05, 4.69) is 5.32 Å². The van der Waals surface area contributed by atoms with Crippen LogP contribution in [0, 0.1) is 5.92 Å². The maximum atomic E-state index is 12.0. The highest BCUT2D eigenvalue weighted by Gasteiger charge is 2.28. The molecule has 0 saturated carbocycles. The molecule has 0 heterocycles. The first-order valence-electron chi connectivity index (χ1n) is 6.17. The third-order valence-corrected chi connectivity index (χ3v) is 5.01. The Morgan fingerprint density at radius 2 is 1.94 bits per heavy atom. The highest BCUT2D eigenvalue weighted by molar-refractivity contribution is 7.89. The Morgan fingerprint density at radius 3 is 2.33 bits per heavy atom. The minimum absolute atomic E-state index is 0.0663. The van der Waals surface area contributed by atoms with Crippen molar-refractivity contribution in [1.29, 1.82) is 0 Å². The van der Waals surface area contributed by atoms with E-state index in [-0.39, 0.29) is 19.0 Å². The van der Waals surface area contributed by atoms with Gasteiger partial charge in [0.25, 0.3) is 0 Å². The summed E-state index contributed by atoms with van der Waals surface area (Å²) < 4.78 is 25.1. The summed E-state index contributed by atoms with van der Waals surface area (Å²) in [5, 5.41) is 2.06. The third kappa shape index (κ3) is 5.32. The number of nitrogens with one attached hydrogen (secondary N) is 1. The molecule has 6 nitrogen and oxygen atoms in total. The molecule has 0 aliphatic heterocycles. The van der Waals surface area contributed by atoms with Crippen molar-refractivity contribution in [2.45, 2.75) is 32.4 Å². The van der Waals surface area contributed by atoms with Gasteiger partial charge in [0.1, 0.15) is 0 Å². The van der Waals surface area contributed by atoms with Gasteiger partial charge in [-0.05, 0) is 12.3 Å². The van der Waals surface area contributed by atoms with Crippen LogP contribution >= 0.6 is 0 Å². The molecule has 0 fully saturated rings. The van der Waals surface area contributed by atoms with E-state index in [0.29, 0.717) is 18.9 Å². The lowest BCUT2D eigenvalue weighted by Gasteiger charge is -2.22. The number of nitrogens with zero attached hydrogens (tertiary/aromatic N) is 1. The van der Waals surface area contributed by atoms with Gasteiger partial charge in [-0.3, -0.25) is 4.79 Å². The summed E-state index contributed by atoms with van der Waals surface area (Å²) in [4.78, 5) is 11.6. The summed E-state index contributed by atoms with van der Waals surface area (Å²) in [6, 6.07) is 0. The summed E-state index contributed by atoms with van der Waals surface area (Å²) in [5.41, 5.74) is 5.43. The van der Waals surface area contributed by atoms with E-state index in [1.54, 1.807) is 6.92 Å². The van der Waals surface area contributed by atoms with Crippen LogP contribution in [0.5, 0.6) is 0 Å². The van der Waals surface area contributed by atoms with Gasteiger partial charge < -0.3 is 11.1 Å². The van der Waals surface area contributed by atoms with Gasteiger partial charge in [-0.1, -0.05) is 20.8 Å². The van der Waals surface area contributed by atoms with Crippen molar-refractivity contribution in [2.24, 2.45) is 11.7 Å². The van der Waals surface area contributed by atoms with Crippen molar-refractivity contribution in [2.75, 3.05) is 26.7 Å². The normalized spacial score (nSPS) is 13.9. The number of amides is 1. The summed E-state index contributed by atoms with van der Waals surface area (Å²) >= 11 is 0. The van der Waals surface area contributed by atoms with E-state index < -0.39 is 15.3 Å². The molecule has 0 saturated heterocycles. The molecule has 108 valence electrons. The number of carbonyl (C=O) groups is 1. The number of hydrogen-bond acceptors (Lipinski definition) is 4. The fourth-order valence-electron chi connectivity index (χ4n) is 1.42. The molecule has 0 radical (unpaired) electrons.